The number of aromatic nitrogens is 3. The van der Waals surface area contributed by atoms with Gasteiger partial charge >= 0.3 is 10.4 Å². The first kappa shape index (κ1) is 75.0. The van der Waals surface area contributed by atoms with Crippen LogP contribution in [0.15, 0.2) is 48.7 Å². The van der Waals surface area contributed by atoms with Crippen molar-refractivity contribution in [2.24, 2.45) is 11.8 Å². The lowest BCUT2D eigenvalue weighted by Crippen LogP contribution is -2.64. The number of benzene rings is 2. The van der Waals surface area contributed by atoms with E-state index >= 15 is 0 Å². The summed E-state index contributed by atoms with van der Waals surface area (Å²) in [6, 6.07) is -1.03. The molecule has 32 nitrogen and oxygen atoms in total. The van der Waals surface area contributed by atoms with Crippen LogP contribution in [0.2, 0.25) is 0 Å². The van der Waals surface area contributed by atoms with Crippen LogP contribution in [0.5, 0.6) is 17.2 Å². The summed E-state index contributed by atoms with van der Waals surface area (Å²) in [6.07, 6.45) is -3.36. The standard InChI is InChI=1S/C62H91N11O21S2/c1-33-28-72-53(54(33)82)58(86)65-27-40(77)24-43(64-26-35-8-11-37(12-9-35)44-30-73-62(66-44)95-59(70-73)38-13-15-42(16-14-38)93-21-7-5-4-6-20-92-3)55(83)67-50(34(2)76)60(87)71-29-41(78)25-45(71)56(84)68-51(48(81)22-36-10-17-46(79)49(23-36)94-96(89,90)91)57(85)69-52(61(72)88)47(80)18-19-63-39(31-74)32-75/h10,13-17,23,30,33-35,37,39-41,43,45,47-48,50-54,63-64,74-82H,4-9,11-12,18-22,24-29,31-32H2,1-3H3,(H,65,86)(H,67,83)(H,68,84)(H,69,85)(H,89,90,91)/t33-,34+,35?,37?,40+,41+,43-,45-,47+,48+,50?,51-,52-,53-,54-/m0/s1. The van der Waals surface area contributed by atoms with Crippen molar-refractivity contribution in [2.45, 2.75) is 176 Å². The zero-order chi connectivity index (χ0) is 69.5. The maximum atomic E-state index is 15.0. The number of β-amino-alcohol motifs (C(OH)–C–C–N with tert-alkyl or cyclic N) is 1. The van der Waals surface area contributed by atoms with Gasteiger partial charge in [0.25, 0.3) is 0 Å². The molecule has 34 heteroatoms. The molecule has 2 aromatic carbocycles. The van der Waals surface area contributed by atoms with E-state index in [9.17, 15) is 87.7 Å². The second-order valence-corrected chi connectivity index (χ2v) is 27.3. The SMILES string of the molecule is COCCCCCCOc1ccc(-c2nn3cc(C4CCC(CN[C@H]5C[C@@H](O)CNC(=O)[C@@H]6[C@@H](O)[C@@H](C)CN6C(=O)[C@H]([C@H](O)CCNC(CO)CO)NC(=O)[C@H]([C@H](O)Cc6ccc(O)c(OS(=O)(=O)O)c6)NC(=O)[C@@H]6C[C@@H](O)CN6C(=O)C([C@@H](C)O)NC5=O)CC4)nc3s2)cc1. The summed E-state index contributed by atoms with van der Waals surface area (Å²) in [5.74, 6) is -8.31. The monoisotopic (exact) mass is 1390 g/mol. The molecule has 1 unspecified atom stereocenters. The smallest absolute Gasteiger partial charge is 0.446 e. The Morgan fingerprint density at radius 1 is 0.781 bits per heavy atom. The van der Waals surface area contributed by atoms with Gasteiger partial charge < -0.3 is 101 Å². The van der Waals surface area contributed by atoms with E-state index in [1.165, 1.54) is 25.2 Å². The number of hydrogen-bond acceptors (Lipinski definition) is 25. The highest BCUT2D eigenvalue weighted by Crippen LogP contribution is 2.37. The molecule has 532 valence electrons. The first-order chi connectivity index (χ1) is 45.7. The first-order valence-electron chi connectivity index (χ1n) is 32.4. The average molecular weight is 1390 g/mol. The number of aromatic hydroxyl groups is 1. The van der Waals surface area contributed by atoms with Crippen molar-refractivity contribution < 1.29 is 101 Å². The summed E-state index contributed by atoms with van der Waals surface area (Å²) in [5.41, 5.74) is 1.72. The molecule has 96 heavy (non-hydrogen) atoms. The highest BCUT2D eigenvalue weighted by molar-refractivity contribution is 7.81. The maximum Gasteiger partial charge on any atom is 0.446 e. The van der Waals surface area contributed by atoms with E-state index in [0.717, 1.165) is 100 Å². The number of amides is 6. The van der Waals surface area contributed by atoms with Crippen LogP contribution >= 0.6 is 11.3 Å². The molecule has 1 aliphatic carbocycles. The second kappa shape index (κ2) is 34.6. The molecule has 3 saturated heterocycles. The summed E-state index contributed by atoms with van der Waals surface area (Å²) >= 11 is 1.47. The quantitative estimate of drug-likeness (QED) is 0.0225. The van der Waals surface area contributed by atoms with Crippen molar-refractivity contribution in [3.63, 3.8) is 0 Å². The molecule has 8 rings (SSSR count). The van der Waals surface area contributed by atoms with E-state index in [4.69, 9.17) is 19.6 Å². The Labute approximate surface area is 559 Å². The molecule has 4 aromatic rings. The molecule has 4 fully saturated rings. The summed E-state index contributed by atoms with van der Waals surface area (Å²) in [5, 5.41) is 120. The number of aliphatic hydroxyl groups is 8. The van der Waals surface area contributed by atoms with Gasteiger partial charge in [-0.2, -0.15) is 13.5 Å². The normalized spacial score (nSPS) is 27.1. The highest BCUT2D eigenvalue weighted by atomic mass is 32.3. The molecular weight excluding hydrogens is 1300 g/mol. The number of nitrogens with one attached hydrogen (secondary N) is 6. The van der Waals surface area contributed by atoms with E-state index < -0.39 is 194 Å². The summed E-state index contributed by atoms with van der Waals surface area (Å²) in [6.45, 7) is 1.54. The van der Waals surface area contributed by atoms with Gasteiger partial charge in [-0.05, 0) is 126 Å². The van der Waals surface area contributed by atoms with Gasteiger partial charge in [-0.25, -0.2) is 9.50 Å². The Hall–Kier alpha value is -6.77. The minimum atomic E-state index is -5.22. The lowest BCUT2D eigenvalue weighted by atomic mass is 9.80. The number of hydrogen-bond donors (Lipinski definition) is 16. The third-order valence-corrected chi connectivity index (χ3v) is 19.4. The molecule has 16 N–H and O–H groups in total. The Morgan fingerprint density at radius 3 is 2.12 bits per heavy atom. The first-order valence-corrected chi connectivity index (χ1v) is 34.6. The average Bonchev–Trinajstić information content (AvgIpc) is 1.66. The number of imidazole rings is 1. The minimum absolute atomic E-state index is 0.00996. The van der Waals surface area contributed by atoms with Gasteiger partial charge in [0, 0.05) is 63.6 Å². The number of unbranched alkanes of at least 4 members (excludes halogenated alkanes) is 3. The molecule has 5 heterocycles. The van der Waals surface area contributed by atoms with Crippen molar-refractivity contribution in [1.29, 1.82) is 0 Å². The number of carbonyl (C=O) groups excluding carboxylic acids is 6. The van der Waals surface area contributed by atoms with Gasteiger partial charge in [-0.15, -0.1) is 0 Å². The van der Waals surface area contributed by atoms with E-state index in [0.29, 0.717) is 19.4 Å². The number of methoxy groups -OCH3 is 1. The van der Waals surface area contributed by atoms with E-state index in [1.54, 1.807) is 11.6 Å². The van der Waals surface area contributed by atoms with Crippen molar-refractivity contribution in [1.82, 2.24) is 56.3 Å². The topological polar surface area (TPSA) is 475 Å². The molecule has 1 saturated carbocycles. The fourth-order valence-electron chi connectivity index (χ4n) is 12.6. The number of carbonyl (C=O) groups is 6. The summed E-state index contributed by atoms with van der Waals surface area (Å²) in [7, 11) is -3.52. The number of nitrogens with zero attached hydrogens (tertiary/aromatic N) is 5. The van der Waals surface area contributed by atoms with Crippen molar-refractivity contribution in [2.75, 3.05) is 66.3 Å². The van der Waals surface area contributed by atoms with Crippen molar-refractivity contribution >= 4 is 62.1 Å². The summed E-state index contributed by atoms with van der Waals surface area (Å²) < 4.78 is 49.9. The Bertz CT molecular complexity index is 3340. The van der Waals surface area contributed by atoms with Crippen LogP contribution in [-0.2, 0) is 50.3 Å². The van der Waals surface area contributed by atoms with Gasteiger partial charge in [-0.1, -0.05) is 30.7 Å². The molecule has 6 amide bonds. The number of fused-ring (bicyclic) bond motifs is 3. The molecular formula is C62H91N11O21S2. The van der Waals surface area contributed by atoms with Gasteiger partial charge in [0.1, 0.15) is 41.0 Å². The predicted octanol–water partition coefficient (Wildman–Crippen LogP) is -2.65. The zero-order valence-corrected chi connectivity index (χ0v) is 55.4. The summed E-state index contributed by atoms with van der Waals surface area (Å²) in [4.78, 5) is 95.6. The van der Waals surface area contributed by atoms with E-state index in [-0.39, 0.29) is 37.0 Å². The van der Waals surface area contributed by atoms with Crippen molar-refractivity contribution in [3.8, 4) is 27.8 Å². The lowest BCUT2D eigenvalue weighted by molar-refractivity contribution is -0.147. The van der Waals surface area contributed by atoms with Crippen LogP contribution < -0.4 is 40.8 Å². The Morgan fingerprint density at radius 2 is 1.46 bits per heavy atom. The van der Waals surface area contributed by atoms with Gasteiger partial charge in [0.15, 0.2) is 11.5 Å². The van der Waals surface area contributed by atoms with Crippen LogP contribution in [0.25, 0.3) is 15.5 Å². The number of phenolic OH excluding ortho intramolecular Hbond substituents is 1. The Kier molecular flexibility index (Phi) is 27.1. The predicted molar refractivity (Wildman–Crippen MR) is 343 cm³/mol. The largest absolute Gasteiger partial charge is 0.504 e. The molecule has 0 spiro atoms. The zero-order valence-electron chi connectivity index (χ0n) is 53.7. The molecule has 3 aliphatic heterocycles. The van der Waals surface area contributed by atoms with Gasteiger partial charge in [0.05, 0.1) is 80.4 Å². The number of phenols is 1. The van der Waals surface area contributed by atoms with Crippen LogP contribution in [0.3, 0.4) is 0 Å². The number of aliphatic hydroxyl groups excluding tert-OH is 8. The number of rotatable bonds is 26. The molecule has 2 aromatic heterocycles. The van der Waals surface area contributed by atoms with Crippen molar-refractivity contribution in [3.05, 3.63) is 59.9 Å². The van der Waals surface area contributed by atoms with Gasteiger partial charge in [-0.3, -0.25) is 33.3 Å². The van der Waals surface area contributed by atoms with Crippen LogP contribution in [-0.4, -0.2) is 264 Å². The van der Waals surface area contributed by atoms with Gasteiger partial charge in [0.2, 0.25) is 40.4 Å². The third-order valence-electron chi connectivity index (χ3n) is 18.0. The molecule has 0 bridgehead atoms. The highest BCUT2D eigenvalue weighted by Gasteiger charge is 2.50. The molecule has 13 atom stereocenters. The van der Waals surface area contributed by atoms with Crippen LogP contribution in [0, 0.1) is 11.8 Å². The van der Waals surface area contributed by atoms with E-state index in [2.05, 4.69) is 36.1 Å². The van der Waals surface area contributed by atoms with Crippen LogP contribution in [0.1, 0.15) is 102 Å². The fraction of sp³-hybridized carbons (Fsp3) is 0.645. The molecule has 0 radical (unpaired) electrons. The van der Waals surface area contributed by atoms with E-state index in [1.807, 2.05) is 30.5 Å². The second-order valence-electron chi connectivity index (χ2n) is 25.3. The number of ether oxygens (including phenoxy) is 2. The fourth-order valence-corrected chi connectivity index (χ4v) is 13.8. The third kappa shape index (κ3) is 20.0. The maximum absolute atomic E-state index is 15.0. The minimum Gasteiger partial charge on any atom is -0.504 e. The Balaban J connectivity index is 1.02. The van der Waals surface area contributed by atoms with Crippen LogP contribution in [0.4, 0.5) is 0 Å². The molecule has 4 aliphatic rings. The lowest BCUT2D eigenvalue weighted by Gasteiger charge is -2.34.